The molecule has 2 rings (SSSR count). The van der Waals surface area contributed by atoms with E-state index in [0.29, 0.717) is 12.2 Å². The Bertz CT molecular complexity index is 567. The molecule has 19 heavy (non-hydrogen) atoms. The summed E-state index contributed by atoms with van der Waals surface area (Å²) in [7, 11) is 0. The van der Waals surface area contributed by atoms with E-state index in [1.165, 1.54) is 11.3 Å². The molecule has 2 aromatic heterocycles. The zero-order chi connectivity index (χ0) is 13.7. The van der Waals surface area contributed by atoms with Gasteiger partial charge in [-0.15, -0.1) is 11.3 Å². The van der Waals surface area contributed by atoms with E-state index >= 15 is 0 Å². The van der Waals surface area contributed by atoms with Crippen molar-refractivity contribution in [2.45, 2.75) is 20.4 Å². The molecule has 5 nitrogen and oxygen atoms in total. The van der Waals surface area contributed by atoms with Crippen LogP contribution in [0.25, 0.3) is 0 Å². The summed E-state index contributed by atoms with van der Waals surface area (Å²) in [5.41, 5.74) is 2.28. The van der Waals surface area contributed by atoms with E-state index in [2.05, 4.69) is 20.6 Å². The van der Waals surface area contributed by atoms with E-state index in [1.807, 2.05) is 25.3 Å². The highest BCUT2D eigenvalue weighted by Gasteiger charge is 2.08. The van der Waals surface area contributed by atoms with E-state index in [-0.39, 0.29) is 5.91 Å². The van der Waals surface area contributed by atoms with Crippen molar-refractivity contribution in [2.24, 2.45) is 0 Å². The molecule has 0 fully saturated rings. The molecule has 0 aliphatic carbocycles. The van der Waals surface area contributed by atoms with Crippen molar-refractivity contribution in [1.82, 2.24) is 15.3 Å². The number of anilines is 1. The molecule has 0 aliphatic heterocycles. The predicted molar refractivity (Wildman–Crippen MR) is 76.4 cm³/mol. The Morgan fingerprint density at radius 1 is 1.47 bits per heavy atom. The Labute approximate surface area is 116 Å². The molecule has 100 valence electrons. The zero-order valence-electron chi connectivity index (χ0n) is 10.9. The number of aryl methyl sites for hydroxylation is 1. The lowest BCUT2D eigenvalue weighted by molar-refractivity contribution is 0.0946. The van der Waals surface area contributed by atoms with Gasteiger partial charge in [-0.25, -0.2) is 4.98 Å². The highest BCUT2D eigenvalue weighted by molar-refractivity contribution is 7.09. The topological polar surface area (TPSA) is 66.9 Å². The molecule has 0 aromatic carbocycles. The van der Waals surface area contributed by atoms with Crippen molar-refractivity contribution in [3.63, 3.8) is 0 Å². The van der Waals surface area contributed by atoms with Gasteiger partial charge in [0.15, 0.2) is 0 Å². The number of carbonyl (C=O) groups is 1. The third kappa shape index (κ3) is 3.75. The van der Waals surface area contributed by atoms with Crippen LogP contribution in [-0.2, 0) is 6.54 Å². The minimum Gasteiger partial charge on any atom is -0.385 e. The standard InChI is InChI=1S/C13H16N4OS/c1-3-14-10-4-5-15-11(6-10)13(18)16-7-12-17-9(2)8-19-12/h4-6,8H,3,7H2,1-2H3,(H,14,15)(H,16,18). The lowest BCUT2D eigenvalue weighted by Crippen LogP contribution is -2.23. The normalized spacial score (nSPS) is 10.2. The van der Waals surface area contributed by atoms with Gasteiger partial charge >= 0.3 is 0 Å². The molecule has 0 atom stereocenters. The van der Waals surface area contributed by atoms with Crippen LogP contribution in [0.3, 0.4) is 0 Å². The minimum absolute atomic E-state index is 0.187. The molecule has 2 aromatic rings. The van der Waals surface area contributed by atoms with Crippen LogP contribution < -0.4 is 10.6 Å². The summed E-state index contributed by atoms with van der Waals surface area (Å²) in [6.45, 7) is 5.18. The number of nitrogens with one attached hydrogen (secondary N) is 2. The summed E-state index contributed by atoms with van der Waals surface area (Å²) in [6.07, 6.45) is 1.63. The number of hydrogen-bond acceptors (Lipinski definition) is 5. The van der Waals surface area contributed by atoms with Crippen molar-refractivity contribution in [2.75, 3.05) is 11.9 Å². The first-order valence-corrected chi connectivity index (χ1v) is 6.96. The van der Waals surface area contributed by atoms with Gasteiger partial charge in [-0.05, 0) is 26.0 Å². The molecular formula is C13H16N4OS. The fourth-order valence-electron chi connectivity index (χ4n) is 1.60. The molecule has 1 amide bonds. The molecule has 6 heteroatoms. The van der Waals surface area contributed by atoms with Crippen LogP contribution in [0.2, 0.25) is 0 Å². The fraction of sp³-hybridized carbons (Fsp3) is 0.308. The quantitative estimate of drug-likeness (QED) is 0.878. The molecule has 0 saturated heterocycles. The maximum atomic E-state index is 12.0. The second kappa shape index (κ2) is 6.29. The summed E-state index contributed by atoms with van der Waals surface area (Å²) in [5, 5.41) is 8.83. The molecule has 0 unspecified atom stereocenters. The first kappa shape index (κ1) is 13.5. The van der Waals surface area contributed by atoms with E-state index in [1.54, 1.807) is 12.3 Å². The number of aromatic nitrogens is 2. The summed E-state index contributed by atoms with van der Waals surface area (Å²) in [6, 6.07) is 3.58. The Morgan fingerprint density at radius 2 is 2.32 bits per heavy atom. The van der Waals surface area contributed by atoms with Gasteiger partial charge in [0, 0.05) is 29.5 Å². The van der Waals surface area contributed by atoms with Crippen LogP contribution in [-0.4, -0.2) is 22.4 Å². The Hall–Kier alpha value is -1.95. The van der Waals surface area contributed by atoms with Gasteiger partial charge in [0.2, 0.25) is 0 Å². The summed E-state index contributed by atoms with van der Waals surface area (Å²) < 4.78 is 0. The van der Waals surface area contributed by atoms with Gasteiger partial charge in [-0.3, -0.25) is 9.78 Å². The van der Waals surface area contributed by atoms with E-state index in [9.17, 15) is 4.79 Å². The van der Waals surface area contributed by atoms with Gasteiger partial charge in [-0.2, -0.15) is 0 Å². The van der Waals surface area contributed by atoms with E-state index < -0.39 is 0 Å². The van der Waals surface area contributed by atoms with Crippen molar-refractivity contribution < 1.29 is 4.79 Å². The third-order valence-electron chi connectivity index (χ3n) is 2.44. The fourth-order valence-corrected chi connectivity index (χ4v) is 2.31. The van der Waals surface area contributed by atoms with E-state index in [0.717, 1.165) is 22.9 Å². The van der Waals surface area contributed by atoms with Crippen LogP contribution in [0.1, 0.15) is 28.1 Å². The maximum absolute atomic E-state index is 12.0. The first-order chi connectivity index (χ1) is 9.19. The summed E-state index contributed by atoms with van der Waals surface area (Å²) in [5.74, 6) is -0.187. The van der Waals surface area contributed by atoms with E-state index in [4.69, 9.17) is 0 Å². The highest BCUT2D eigenvalue weighted by Crippen LogP contribution is 2.10. The second-order valence-electron chi connectivity index (χ2n) is 4.03. The average molecular weight is 276 g/mol. The SMILES string of the molecule is CCNc1ccnc(C(=O)NCc2nc(C)cs2)c1. The lowest BCUT2D eigenvalue weighted by Gasteiger charge is -2.06. The number of carbonyl (C=O) groups excluding carboxylic acids is 1. The molecule has 2 heterocycles. The monoisotopic (exact) mass is 276 g/mol. The van der Waals surface area contributed by atoms with Crippen molar-refractivity contribution in [3.8, 4) is 0 Å². The lowest BCUT2D eigenvalue weighted by atomic mass is 10.3. The Morgan fingerprint density at radius 3 is 3.00 bits per heavy atom. The zero-order valence-corrected chi connectivity index (χ0v) is 11.8. The van der Waals surface area contributed by atoms with Gasteiger partial charge < -0.3 is 10.6 Å². The Balaban J connectivity index is 1.97. The molecule has 0 saturated carbocycles. The van der Waals surface area contributed by atoms with Gasteiger partial charge in [0.1, 0.15) is 10.7 Å². The van der Waals surface area contributed by atoms with Crippen LogP contribution in [0.4, 0.5) is 5.69 Å². The number of rotatable bonds is 5. The summed E-state index contributed by atoms with van der Waals surface area (Å²) in [4.78, 5) is 20.3. The van der Waals surface area contributed by atoms with Gasteiger partial charge in [-0.1, -0.05) is 0 Å². The van der Waals surface area contributed by atoms with Crippen molar-refractivity contribution >= 4 is 22.9 Å². The average Bonchev–Trinajstić information content (AvgIpc) is 2.82. The third-order valence-corrected chi connectivity index (χ3v) is 3.41. The number of amides is 1. The smallest absolute Gasteiger partial charge is 0.270 e. The van der Waals surface area contributed by atoms with Crippen LogP contribution in [0.5, 0.6) is 0 Å². The molecule has 2 N–H and O–H groups in total. The van der Waals surface area contributed by atoms with Gasteiger partial charge in [0.25, 0.3) is 5.91 Å². The maximum Gasteiger partial charge on any atom is 0.270 e. The van der Waals surface area contributed by atoms with Crippen LogP contribution in [0.15, 0.2) is 23.7 Å². The largest absolute Gasteiger partial charge is 0.385 e. The molecular weight excluding hydrogens is 260 g/mol. The van der Waals surface area contributed by atoms with Gasteiger partial charge in [0.05, 0.1) is 6.54 Å². The van der Waals surface area contributed by atoms with Crippen molar-refractivity contribution in [1.29, 1.82) is 0 Å². The number of hydrogen-bond donors (Lipinski definition) is 2. The van der Waals surface area contributed by atoms with Crippen molar-refractivity contribution in [3.05, 3.63) is 40.1 Å². The molecule has 0 spiro atoms. The predicted octanol–water partition coefficient (Wildman–Crippen LogP) is 2.21. The number of thiazole rings is 1. The Kier molecular flexibility index (Phi) is 4.46. The molecule has 0 radical (unpaired) electrons. The molecule has 0 bridgehead atoms. The second-order valence-corrected chi connectivity index (χ2v) is 4.97. The molecule has 0 aliphatic rings. The number of nitrogens with zero attached hydrogens (tertiary/aromatic N) is 2. The minimum atomic E-state index is -0.187. The van der Waals surface area contributed by atoms with Crippen LogP contribution in [0, 0.1) is 6.92 Å². The van der Waals surface area contributed by atoms with Crippen LogP contribution >= 0.6 is 11.3 Å². The summed E-state index contributed by atoms with van der Waals surface area (Å²) >= 11 is 1.54. The first-order valence-electron chi connectivity index (χ1n) is 6.08. The highest BCUT2D eigenvalue weighted by atomic mass is 32.1. The number of pyridine rings is 1.